The van der Waals surface area contributed by atoms with E-state index in [1.165, 1.54) is 0 Å². The van der Waals surface area contributed by atoms with Gasteiger partial charge in [-0.1, -0.05) is 0 Å². The fourth-order valence-corrected chi connectivity index (χ4v) is 3.67. The predicted octanol–water partition coefficient (Wildman–Crippen LogP) is 2.38. The zero-order valence-electron chi connectivity index (χ0n) is 14.4. The second-order valence-electron chi connectivity index (χ2n) is 5.85. The number of aryl methyl sites for hydroxylation is 1. The molecule has 0 radical (unpaired) electrons. The van der Waals surface area contributed by atoms with E-state index in [1.54, 1.807) is 7.11 Å². The second kappa shape index (κ2) is 6.97. The van der Waals surface area contributed by atoms with Crippen LogP contribution in [0.1, 0.15) is 22.4 Å². The molecular weight excluding hydrogens is 386 g/mol. The Morgan fingerprint density at radius 2 is 2.04 bits per heavy atom. The van der Waals surface area contributed by atoms with Crippen molar-refractivity contribution in [3.05, 3.63) is 39.4 Å². The van der Waals surface area contributed by atoms with Gasteiger partial charge >= 0.3 is 0 Å². The SMILES string of the molecule is COc1c(C)ncc(Cn2cc(CCO)c3c(Br)nc(N)nc32)c1C. The molecule has 3 aromatic rings. The van der Waals surface area contributed by atoms with Gasteiger partial charge in [-0.05, 0) is 52.9 Å². The lowest BCUT2D eigenvalue weighted by atomic mass is 10.1. The van der Waals surface area contributed by atoms with Crippen LogP contribution >= 0.6 is 15.9 Å². The number of methoxy groups -OCH3 is 1. The van der Waals surface area contributed by atoms with E-state index in [0.717, 1.165) is 39.2 Å². The minimum absolute atomic E-state index is 0.0505. The van der Waals surface area contributed by atoms with Crippen molar-refractivity contribution >= 4 is 32.9 Å². The molecular formula is C17H20BrN5O2. The van der Waals surface area contributed by atoms with Gasteiger partial charge in [0.15, 0.2) is 0 Å². The number of halogens is 1. The zero-order valence-corrected chi connectivity index (χ0v) is 16.0. The first kappa shape index (κ1) is 17.6. The van der Waals surface area contributed by atoms with Gasteiger partial charge in [0.05, 0.1) is 24.7 Å². The van der Waals surface area contributed by atoms with Crippen molar-refractivity contribution in [3.63, 3.8) is 0 Å². The summed E-state index contributed by atoms with van der Waals surface area (Å²) in [6, 6.07) is 0. The molecule has 0 bridgehead atoms. The van der Waals surface area contributed by atoms with Gasteiger partial charge in [-0.15, -0.1) is 0 Å². The third-order valence-corrected chi connectivity index (χ3v) is 4.83. The highest BCUT2D eigenvalue weighted by atomic mass is 79.9. The number of pyridine rings is 1. The van der Waals surface area contributed by atoms with Crippen LogP contribution in [0.2, 0.25) is 0 Å². The quantitative estimate of drug-likeness (QED) is 0.632. The molecule has 25 heavy (non-hydrogen) atoms. The molecule has 3 aromatic heterocycles. The number of ether oxygens (including phenoxy) is 1. The fraction of sp³-hybridized carbons (Fsp3) is 0.353. The number of aliphatic hydroxyl groups excluding tert-OH is 1. The van der Waals surface area contributed by atoms with Crippen molar-refractivity contribution in [3.8, 4) is 5.75 Å². The van der Waals surface area contributed by atoms with E-state index >= 15 is 0 Å². The molecule has 8 heteroatoms. The smallest absolute Gasteiger partial charge is 0.223 e. The molecule has 0 aliphatic carbocycles. The van der Waals surface area contributed by atoms with Crippen LogP contribution in [-0.4, -0.2) is 38.3 Å². The summed E-state index contributed by atoms with van der Waals surface area (Å²) in [5.74, 6) is 0.991. The molecule has 0 unspecified atom stereocenters. The number of hydrogen-bond donors (Lipinski definition) is 2. The fourth-order valence-electron chi connectivity index (χ4n) is 3.06. The lowest BCUT2D eigenvalue weighted by Crippen LogP contribution is -2.06. The summed E-state index contributed by atoms with van der Waals surface area (Å²) < 4.78 is 8.10. The Morgan fingerprint density at radius 1 is 1.28 bits per heavy atom. The van der Waals surface area contributed by atoms with E-state index in [0.29, 0.717) is 17.6 Å². The molecule has 0 aliphatic rings. The first-order valence-corrected chi connectivity index (χ1v) is 8.66. The summed E-state index contributed by atoms with van der Waals surface area (Å²) in [5.41, 5.74) is 10.4. The third kappa shape index (κ3) is 3.19. The van der Waals surface area contributed by atoms with Crippen molar-refractivity contribution in [1.82, 2.24) is 19.5 Å². The summed E-state index contributed by atoms with van der Waals surface area (Å²) in [6.07, 6.45) is 4.35. The molecule has 0 aliphatic heterocycles. The summed E-state index contributed by atoms with van der Waals surface area (Å²) in [5, 5.41) is 10.2. The molecule has 3 rings (SSSR count). The molecule has 0 saturated carbocycles. The minimum atomic E-state index is 0.0505. The number of aromatic nitrogens is 4. The van der Waals surface area contributed by atoms with Gasteiger partial charge in [-0.2, -0.15) is 4.98 Å². The van der Waals surface area contributed by atoms with Gasteiger partial charge in [-0.25, -0.2) is 4.98 Å². The Labute approximate surface area is 154 Å². The molecule has 3 N–H and O–H groups in total. The van der Waals surface area contributed by atoms with Crippen LogP contribution in [0.3, 0.4) is 0 Å². The number of anilines is 1. The summed E-state index contributed by atoms with van der Waals surface area (Å²) in [4.78, 5) is 13.0. The summed E-state index contributed by atoms with van der Waals surface area (Å²) in [7, 11) is 1.65. The molecule has 0 amide bonds. The average Bonchev–Trinajstić information content (AvgIpc) is 2.89. The van der Waals surface area contributed by atoms with Crippen molar-refractivity contribution in [1.29, 1.82) is 0 Å². The van der Waals surface area contributed by atoms with Crippen LogP contribution in [0.4, 0.5) is 5.95 Å². The monoisotopic (exact) mass is 405 g/mol. The molecule has 132 valence electrons. The molecule has 0 fully saturated rings. The number of fused-ring (bicyclic) bond motifs is 1. The normalized spacial score (nSPS) is 11.2. The van der Waals surface area contributed by atoms with E-state index in [-0.39, 0.29) is 12.6 Å². The maximum Gasteiger partial charge on any atom is 0.223 e. The van der Waals surface area contributed by atoms with Gasteiger partial charge in [-0.3, -0.25) is 4.98 Å². The maximum atomic E-state index is 9.35. The van der Waals surface area contributed by atoms with Gasteiger partial charge in [0.1, 0.15) is 16.0 Å². The van der Waals surface area contributed by atoms with Gasteiger partial charge < -0.3 is 20.1 Å². The molecule has 0 aromatic carbocycles. The van der Waals surface area contributed by atoms with Crippen molar-refractivity contribution in [2.75, 3.05) is 19.5 Å². The first-order chi connectivity index (χ1) is 12.0. The van der Waals surface area contributed by atoms with Crippen molar-refractivity contribution in [2.24, 2.45) is 0 Å². The minimum Gasteiger partial charge on any atom is -0.495 e. The Balaban J connectivity index is 2.14. The number of rotatable bonds is 5. The molecule has 0 atom stereocenters. The number of nitrogen functional groups attached to an aromatic ring is 1. The standard InChI is InChI=1S/C17H20BrN5O2/c1-9-12(6-20-10(2)14(9)25-3)8-23-7-11(4-5-24)13-15(18)21-17(19)22-16(13)23/h6-7,24H,4-5,8H2,1-3H3,(H2,19,21,22). The number of hydrogen-bond acceptors (Lipinski definition) is 6. The van der Waals surface area contributed by atoms with Crippen molar-refractivity contribution < 1.29 is 9.84 Å². The summed E-state index contributed by atoms with van der Waals surface area (Å²) >= 11 is 3.46. The third-order valence-electron chi connectivity index (χ3n) is 4.26. The molecule has 0 spiro atoms. The Hall–Kier alpha value is -2.19. The zero-order chi connectivity index (χ0) is 18.1. The van der Waals surface area contributed by atoms with Crippen LogP contribution in [0, 0.1) is 13.8 Å². The summed E-state index contributed by atoms with van der Waals surface area (Å²) in [6.45, 7) is 4.56. The average molecular weight is 406 g/mol. The van der Waals surface area contributed by atoms with Crippen LogP contribution < -0.4 is 10.5 Å². The molecule has 3 heterocycles. The highest BCUT2D eigenvalue weighted by molar-refractivity contribution is 9.10. The Kier molecular flexibility index (Phi) is 4.91. The molecule has 7 nitrogen and oxygen atoms in total. The lowest BCUT2D eigenvalue weighted by Gasteiger charge is -2.13. The number of nitrogens with zero attached hydrogens (tertiary/aromatic N) is 4. The van der Waals surface area contributed by atoms with Crippen LogP contribution in [0.15, 0.2) is 17.0 Å². The topological polar surface area (TPSA) is 99.1 Å². The van der Waals surface area contributed by atoms with E-state index in [9.17, 15) is 5.11 Å². The Bertz CT molecular complexity index is 939. The van der Waals surface area contributed by atoms with E-state index in [2.05, 4.69) is 30.9 Å². The van der Waals surface area contributed by atoms with Crippen LogP contribution in [-0.2, 0) is 13.0 Å². The van der Waals surface area contributed by atoms with Gasteiger partial charge in [0.25, 0.3) is 0 Å². The van der Waals surface area contributed by atoms with E-state index in [1.807, 2.05) is 30.8 Å². The first-order valence-electron chi connectivity index (χ1n) is 7.86. The van der Waals surface area contributed by atoms with Crippen LogP contribution in [0.5, 0.6) is 5.75 Å². The molecule has 0 saturated heterocycles. The Morgan fingerprint density at radius 3 is 2.72 bits per heavy atom. The van der Waals surface area contributed by atoms with E-state index < -0.39 is 0 Å². The number of nitrogens with two attached hydrogens (primary N) is 1. The highest BCUT2D eigenvalue weighted by Crippen LogP contribution is 2.30. The largest absolute Gasteiger partial charge is 0.495 e. The van der Waals surface area contributed by atoms with Crippen molar-refractivity contribution in [2.45, 2.75) is 26.8 Å². The maximum absolute atomic E-state index is 9.35. The van der Waals surface area contributed by atoms with Gasteiger partial charge in [0, 0.05) is 19.0 Å². The number of aliphatic hydroxyl groups is 1. The van der Waals surface area contributed by atoms with E-state index in [4.69, 9.17) is 10.5 Å². The lowest BCUT2D eigenvalue weighted by molar-refractivity contribution is 0.300. The van der Waals surface area contributed by atoms with Crippen LogP contribution in [0.25, 0.3) is 11.0 Å². The van der Waals surface area contributed by atoms with Gasteiger partial charge in [0.2, 0.25) is 5.95 Å². The predicted molar refractivity (Wildman–Crippen MR) is 99.8 cm³/mol. The highest BCUT2D eigenvalue weighted by Gasteiger charge is 2.17. The second-order valence-corrected chi connectivity index (χ2v) is 6.61.